The molecule has 1 unspecified atom stereocenters. The van der Waals surface area contributed by atoms with Crippen molar-refractivity contribution in [3.63, 3.8) is 0 Å². The highest BCUT2D eigenvalue weighted by Crippen LogP contribution is 2.39. The van der Waals surface area contributed by atoms with Gasteiger partial charge in [0.05, 0.1) is 10.6 Å². The van der Waals surface area contributed by atoms with E-state index >= 15 is 0 Å². The van der Waals surface area contributed by atoms with Crippen LogP contribution in [0, 0.1) is 0 Å². The maximum absolute atomic E-state index is 12.2. The molecule has 0 fully saturated rings. The predicted octanol–water partition coefficient (Wildman–Crippen LogP) is 3.30. The number of ether oxygens (including phenoxy) is 3. The van der Waals surface area contributed by atoms with Crippen LogP contribution in [-0.2, 0) is 27.9 Å². The Bertz CT molecular complexity index is 806. The van der Waals surface area contributed by atoms with Crippen molar-refractivity contribution in [1.82, 2.24) is 0 Å². The molecule has 1 heterocycles. The Morgan fingerprint density at radius 2 is 2.08 bits per heavy atom. The zero-order valence-corrected chi connectivity index (χ0v) is 14.5. The lowest BCUT2D eigenvalue weighted by molar-refractivity contribution is 0.0472. The van der Waals surface area contributed by atoms with Crippen molar-refractivity contribution in [2.24, 2.45) is 0 Å². The summed E-state index contributed by atoms with van der Waals surface area (Å²) < 4.78 is 27.1. The molecule has 1 aliphatic rings. The monoisotopic (exact) mass is 366 g/mol. The molecule has 0 aromatic heterocycles. The van der Waals surface area contributed by atoms with E-state index in [0.717, 1.165) is 5.56 Å². The van der Waals surface area contributed by atoms with Gasteiger partial charge < -0.3 is 14.2 Å². The standard InChI is InChI=1S/C17H15ClO5S/c1-24(20)9-11-3-2-4-13(5-11)17(19)21-8-12-6-14(18)16-15(7-12)22-10-23-16/h2-7H,8-10H2,1H3. The van der Waals surface area contributed by atoms with Gasteiger partial charge in [0.1, 0.15) is 6.61 Å². The Kier molecular flexibility index (Phi) is 5.06. The van der Waals surface area contributed by atoms with Crippen molar-refractivity contribution >= 4 is 28.4 Å². The Balaban J connectivity index is 1.68. The van der Waals surface area contributed by atoms with Gasteiger partial charge in [-0.05, 0) is 35.4 Å². The molecule has 0 radical (unpaired) electrons. The largest absolute Gasteiger partial charge is 0.457 e. The van der Waals surface area contributed by atoms with Gasteiger partial charge in [-0.25, -0.2) is 4.79 Å². The number of fused-ring (bicyclic) bond motifs is 1. The van der Waals surface area contributed by atoms with E-state index in [1.165, 1.54) is 0 Å². The summed E-state index contributed by atoms with van der Waals surface area (Å²) in [4.78, 5) is 12.2. The van der Waals surface area contributed by atoms with Crippen LogP contribution in [-0.4, -0.2) is 23.2 Å². The van der Waals surface area contributed by atoms with Crippen molar-refractivity contribution in [1.29, 1.82) is 0 Å². The third-order valence-electron chi connectivity index (χ3n) is 3.39. The summed E-state index contributed by atoms with van der Waals surface area (Å²) >= 11 is 6.10. The van der Waals surface area contributed by atoms with Crippen LogP contribution in [0.2, 0.25) is 5.02 Å². The zero-order valence-electron chi connectivity index (χ0n) is 12.9. The van der Waals surface area contributed by atoms with Crippen molar-refractivity contribution < 1.29 is 23.2 Å². The molecule has 1 aliphatic heterocycles. The third kappa shape index (κ3) is 3.88. The second-order valence-corrected chi connectivity index (χ2v) is 7.15. The fourth-order valence-corrected chi connectivity index (χ4v) is 3.30. The number of halogens is 1. The molecule has 5 nitrogen and oxygen atoms in total. The summed E-state index contributed by atoms with van der Waals surface area (Å²) in [6.45, 7) is 0.197. The summed E-state index contributed by atoms with van der Waals surface area (Å²) in [5, 5.41) is 0.420. The topological polar surface area (TPSA) is 61.8 Å². The van der Waals surface area contributed by atoms with E-state index in [1.807, 2.05) is 6.07 Å². The number of esters is 1. The maximum atomic E-state index is 12.2. The molecular formula is C17H15ClO5S. The molecule has 0 bridgehead atoms. The first-order valence-electron chi connectivity index (χ1n) is 7.17. The Hall–Kier alpha value is -2.05. The van der Waals surface area contributed by atoms with Gasteiger partial charge in [-0.3, -0.25) is 4.21 Å². The smallest absolute Gasteiger partial charge is 0.338 e. The average Bonchev–Trinajstić information content (AvgIpc) is 3.01. The summed E-state index contributed by atoms with van der Waals surface area (Å²) in [6.07, 6.45) is 1.62. The van der Waals surface area contributed by atoms with Gasteiger partial charge in [-0.2, -0.15) is 0 Å². The van der Waals surface area contributed by atoms with E-state index in [2.05, 4.69) is 0 Å². The molecule has 24 heavy (non-hydrogen) atoms. The number of hydrogen-bond acceptors (Lipinski definition) is 5. The Morgan fingerprint density at radius 1 is 1.25 bits per heavy atom. The van der Waals surface area contributed by atoms with Crippen molar-refractivity contribution in [3.8, 4) is 11.5 Å². The molecule has 2 aromatic carbocycles. The molecule has 0 saturated carbocycles. The van der Waals surface area contributed by atoms with Gasteiger partial charge in [0.15, 0.2) is 11.5 Å². The van der Waals surface area contributed by atoms with Crippen molar-refractivity contribution in [3.05, 3.63) is 58.1 Å². The van der Waals surface area contributed by atoms with Crippen LogP contribution in [0.3, 0.4) is 0 Å². The SMILES string of the molecule is CS(=O)Cc1cccc(C(=O)OCc2cc(Cl)c3c(c2)OCO3)c1. The number of rotatable bonds is 5. The van der Waals surface area contributed by atoms with Gasteiger partial charge in [-0.15, -0.1) is 0 Å². The minimum Gasteiger partial charge on any atom is -0.457 e. The van der Waals surface area contributed by atoms with Crippen LogP contribution >= 0.6 is 11.6 Å². The second-order valence-electron chi connectivity index (χ2n) is 5.31. The van der Waals surface area contributed by atoms with Crippen molar-refractivity contribution in [2.45, 2.75) is 12.4 Å². The van der Waals surface area contributed by atoms with Crippen molar-refractivity contribution in [2.75, 3.05) is 13.0 Å². The van der Waals surface area contributed by atoms with E-state index in [0.29, 0.717) is 33.4 Å². The summed E-state index contributed by atoms with van der Waals surface area (Å²) in [6, 6.07) is 10.3. The zero-order chi connectivity index (χ0) is 17.1. The van der Waals surface area contributed by atoms with Crippen LogP contribution in [0.15, 0.2) is 36.4 Å². The lowest BCUT2D eigenvalue weighted by Gasteiger charge is -2.08. The Labute approximate surface area is 146 Å². The first kappa shape index (κ1) is 16.8. The molecular weight excluding hydrogens is 352 g/mol. The van der Waals surface area contributed by atoms with Gasteiger partial charge in [0.25, 0.3) is 0 Å². The minimum absolute atomic E-state index is 0.0686. The number of carbonyl (C=O) groups is 1. The van der Waals surface area contributed by atoms with E-state index in [1.54, 1.807) is 36.6 Å². The lowest BCUT2D eigenvalue weighted by atomic mass is 10.1. The van der Waals surface area contributed by atoms with E-state index < -0.39 is 16.8 Å². The highest BCUT2D eigenvalue weighted by molar-refractivity contribution is 7.83. The molecule has 0 saturated heterocycles. The van der Waals surface area contributed by atoms with E-state index in [4.69, 9.17) is 25.8 Å². The highest BCUT2D eigenvalue weighted by Gasteiger charge is 2.19. The van der Waals surface area contributed by atoms with Gasteiger partial charge >= 0.3 is 5.97 Å². The quantitative estimate of drug-likeness (QED) is 0.760. The molecule has 0 spiro atoms. The summed E-state index contributed by atoms with van der Waals surface area (Å²) in [7, 11) is -0.967. The fourth-order valence-electron chi connectivity index (χ4n) is 2.36. The van der Waals surface area contributed by atoms with Gasteiger partial charge in [0.2, 0.25) is 6.79 Å². The molecule has 2 aromatic rings. The van der Waals surface area contributed by atoms with Crippen LogP contribution < -0.4 is 9.47 Å². The van der Waals surface area contributed by atoms with Crippen LogP contribution in [0.25, 0.3) is 0 Å². The van der Waals surface area contributed by atoms with Crippen LogP contribution in [0.4, 0.5) is 0 Å². The molecule has 3 rings (SSSR count). The lowest BCUT2D eigenvalue weighted by Crippen LogP contribution is -2.06. The number of benzene rings is 2. The third-order valence-corrected chi connectivity index (χ3v) is 4.41. The molecule has 126 valence electrons. The molecule has 0 N–H and O–H groups in total. The van der Waals surface area contributed by atoms with Crippen LogP contribution in [0.5, 0.6) is 11.5 Å². The van der Waals surface area contributed by atoms with Gasteiger partial charge in [-0.1, -0.05) is 23.7 Å². The number of carbonyl (C=O) groups excluding carboxylic acids is 1. The minimum atomic E-state index is -0.967. The average molecular weight is 367 g/mol. The molecule has 0 aliphatic carbocycles. The predicted molar refractivity (Wildman–Crippen MR) is 90.9 cm³/mol. The highest BCUT2D eigenvalue weighted by atomic mass is 35.5. The van der Waals surface area contributed by atoms with E-state index in [-0.39, 0.29) is 13.4 Å². The summed E-state index contributed by atoms with van der Waals surface area (Å²) in [5.74, 6) is 0.999. The first-order chi connectivity index (χ1) is 11.5. The second kappa shape index (κ2) is 7.23. The molecule has 1 atom stereocenters. The van der Waals surface area contributed by atoms with Gasteiger partial charge in [0, 0.05) is 22.8 Å². The maximum Gasteiger partial charge on any atom is 0.338 e. The summed E-state index contributed by atoms with van der Waals surface area (Å²) in [5.41, 5.74) is 1.96. The molecule has 0 amide bonds. The Morgan fingerprint density at radius 3 is 2.88 bits per heavy atom. The van der Waals surface area contributed by atoms with Crippen LogP contribution in [0.1, 0.15) is 21.5 Å². The fraction of sp³-hybridized carbons (Fsp3) is 0.235. The molecule has 7 heteroatoms. The van der Waals surface area contributed by atoms with E-state index in [9.17, 15) is 9.00 Å². The normalized spacial score (nSPS) is 13.6. The first-order valence-corrected chi connectivity index (χ1v) is 9.27. The number of hydrogen-bond donors (Lipinski definition) is 0.